The number of carbonyl (C=O) groups excluding carboxylic acids is 2. The van der Waals surface area contributed by atoms with E-state index in [1.807, 2.05) is 42.5 Å². The van der Waals surface area contributed by atoms with Crippen molar-refractivity contribution in [1.82, 2.24) is 24.5 Å². The number of anilines is 2. The highest BCUT2D eigenvalue weighted by molar-refractivity contribution is 5.90. The van der Waals surface area contributed by atoms with E-state index in [1.54, 1.807) is 10.7 Å². The molecule has 2 amide bonds. The summed E-state index contributed by atoms with van der Waals surface area (Å²) in [6.45, 7) is 3.59. The third-order valence-corrected chi connectivity index (χ3v) is 8.49. The number of quaternary nitrogens is 1. The number of halogens is 3. The Bertz CT molecular complexity index is 1540. The summed E-state index contributed by atoms with van der Waals surface area (Å²) in [5.41, 5.74) is 3.86. The third kappa shape index (κ3) is 4.57. The normalized spacial score (nSPS) is 25.6. The Morgan fingerprint density at radius 2 is 1.85 bits per heavy atom. The first-order valence-corrected chi connectivity index (χ1v) is 13.8. The number of nitrogens with one attached hydrogen (secondary N) is 1. The predicted molar refractivity (Wildman–Crippen MR) is 142 cm³/mol. The molecule has 1 aromatic carbocycles. The zero-order valence-corrected chi connectivity index (χ0v) is 22.2. The van der Waals surface area contributed by atoms with Crippen LogP contribution in [0.5, 0.6) is 0 Å². The summed E-state index contributed by atoms with van der Waals surface area (Å²) in [6.07, 6.45) is -1.83. The quantitative estimate of drug-likeness (QED) is 0.456. The lowest BCUT2D eigenvalue weighted by Crippen LogP contribution is -2.93. The third-order valence-electron chi connectivity index (χ3n) is 8.49. The fourth-order valence-electron chi connectivity index (χ4n) is 6.55. The van der Waals surface area contributed by atoms with Crippen molar-refractivity contribution >= 4 is 34.7 Å². The highest BCUT2D eigenvalue weighted by atomic mass is 19.4. The number of hydrogen-bond acceptors (Lipinski definition) is 7. The van der Waals surface area contributed by atoms with Crippen molar-refractivity contribution in [1.29, 1.82) is 0 Å². The molecular formula is C28H29F3N7O3+. The summed E-state index contributed by atoms with van der Waals surface area (Å²) in [5, 5.41) is 10.0. The van der Waals surface area contributed by atoms with E-state index in [1.165, 1.54) is 4.90 Å². The number of fused-ring (bicyclic) bond motifs is 1. The Labute approximate surface area is 233 Å². The zero-order chi connectivity index (χ0) is 28.4. The number of aromatic nitrogens is 3. The van der Waals surface area contributed by atoms with Gasteiger partial charge in [0.25, 0.3) is 0 Å². The number of hydrogen-bond donors (Lipinski definition) is 1. The van der Waals surface area contributed by atoms with Gasteiger partial charge in [-0.2, -0.15) is 22.7 Å². The number of amides is 2. The Morgan fingerprint density at radius 3 is 2.54 bits per heavy atom. The van der Waals surface area contributed by atoms with Gasteiger partial charge in [-0.25, -0.2) is 9.31 Å². The smallest absolute Gasteiger partial charge is 0.377 e. The second-order valence-corrected chi connectivity index (χ2v) is 11.1. The van der Waals surface area contributed by atoms with E-state index < -0.39 is 24.9 Å². The van der Waals surface area contributed by atoms with Crippen molar-refractivity contribution in [2.24, 2.45) is 0 Å². The molecule has 13 heteroatoms. The number of ether oxygens (including phenoxy) is 1. The summed E-state index contributed by atoms with van der Waals surface area (Å²) in [4.78, 5) is 31.6. The lowest BCUT2D eigenvalue weighted by Gasteiger charge is -2.68. The van der Waals surface area contributed by atoms with Crippen LogP contribution in [0.2, 0.25) is 0 Å². The number of pyridine rings is 1. The molecular weight excluding hydrogens is 539 g/mol. The van der Waals surface area contributed by atoms with Crippen LogP contribution in [0.3, 0.4) is 0 Å². The van der Waals surface area contributed by atoms with E-state index in [9.17, 15) is 22.8 Å². The van der Waals surface area contributed by atoms with Crippen molar-refractivity contribution in [3.05, 3.63) is 59.8 Å². The molecule has 1 N–H and O–H groups in total. The van der Waals surface area contributed by atoms with E-state index >= 15 is 0 Å². The van der Waals surface area contributed by atoms with Crippen LogP contribution in [0.4, 0.5) is 24.8 Å². The van der Waals surface area contributed by atoms with E-state index in [2.05, 4.69) is 20.4 Å². The van der Waals surface area contributed by atoms with Crippen LogP contribution in [0, 0.1) is 0 Å². The molecule has 41 heavy (non-hydrogen) atoms. The van der Waals surface area contributed by atoms with E-state index in [4.69, 9.17) is 4.74 Å². The Kier molecular flexibility index (Phi) is 6.14. The molecule has 0 spiro atoms. The summed E-state index contributed by atoms with van der Waals surface area (Å²) in [6, 6.07) is 11.8. The topological polar surface area (TPSA) is 92.1 Å². The highest BCUT2D eigenvalue weighted by Gasteiger charge is 2.71. The van der Waals surface area contributed by atoms with E-state index in [0.717, 1.165) is 29.9 Å². The van der Waals surface area contributed by atoms with Gasteiger partial charge in [0.1, 0.15) is 25.2 Å². The van der Waals surface area contributed by atoms with Crippen LogP contribution in [-0.2, 0) is 9.53 Å². The summed E-state index contributed by atoms with van der Waals surface area (Å²) < 4.78 is 45.2. The number of benzene rings is 1. The van der Waals surface area contributed by atoms with Crippen LogP contribution in [0.15, 0.2) is 48.7 Å². The minimum Gasteiger partial charge on any atom is -0.377 e. The predicted octanol–water partition coefficient (Wildman–Crippen LogP) is 3.40. The molecule has 4 aliphatic rings. The molecule has 3 saturated heterocycles. The number of nitrogens with zero attached hydrogens (tertiary/aromatic N) is 6. The minimum absolute atomic E-state index is 0.114. The zero-order valence-electron chi connectivity index (χ0n) is 22.2. The van der Waals surface area contributed by atoms with Gasteiger partial charge in [0.15, 0.2) is 5.65 Å². The second kappa shape index (κ2) is 9.64. The van der Waals surface area contributed by atoms with Gasteiger partial charge >= 0.3 is 12.1 Å². The van der Waals surface area contributed by atoms with Gasteiger partial charge in [0.2, 0.25) is 11.9 Å². The Balaban J connectivity index is 1.02. The number of piperazine rings is 1. The summed E-state index contributed by atoms with van der Waals surface area (Å²) in [5.74, 6) is 0.0111. The van der Waals surface area contributed by atoms with Gasteiger partial charge in [0, 0.05) is 37.0 Å². The average molecular weight is 569 g/mol. The van der Waals surface area contributed by atoms with Crippen molar-refractivity contribution < 1.29 is 32.1 Å². The van der Waals surface area contributed by atoms with Crippen molar-refractivity contribution in [2.45, 2.75) is 37.5 Å². The number of morpholine rings is 1. The van der Waals surface area contributed by atoms with E-state index in [0.29, 0.717) is 60.0 Å². The molecule has 3 aromatic rings. The van der Waals surface area contributed by atoms with Gasteiger partial charge in [-0.1, -0.05) is 6.08 Å². The molecule has 3 fully saturated rings. The van der Waals surface area contributed by atoms with Crippen molar-refractivity contribution in [2.75, 3.05) is 44.7 Å². The average Bonchev–Trinajstić information content (AvgIpc) is 3.35. The highest BCUT2D eigenvalue weighted by Crippen LogP contribution is 2.44. The van der Waals surface area contributed by atoms with Crippen molar-refractivity contribution in [3.63, 3.8) is 0 Å². The lowest BCUT2D eigenvalue weighted by molar-refractivity contribution is -1.08. The molecule has 214 valence electrons. The van der Waals surface area contributed by atoms with Crippen LogP contribution in [0.25, 0.3) is 11.2 Å². The fourth-order valence-corrected chi connectivity index (χ4v) is 6.55. The molecule has 4 aliphatic heterocycles. The molecule has 2 unspecified atom stereocenters. The first-order chi connectivity index (χ1) is 19.7. The van der Waals surface area contributed by atoms with Gasteiger partial charge in [0.05, 0.1) is 25.2 Å². The van der Waals surface area contributed by atoms with Gasteiger partial charge < -0.3 is 15.0 Å². The minimum atomic E-state index is -4.34. The molecule has 0 bridgehead atoms. The van der Waals surface area contributed by atoms with Gasteiger partial charge in [-0.3, -0.25) is 4.79 Å². The van der Waals surface area contributed by atoms with Gasteiger partial charge in [-0.05, 0) is 48.4 Å². The molecule has 2 aromatic heterocycles. The standard InChI is InChI=1S/C28H28F3N7O3/c29-28(30,31)10-7-24(39)35-12-8-18(9-13-35)23-2-1-11-36-25(23)33-27(34-36)32-20-5-3-19(4-6-20)26(40)38-14-21-16-41-17-22(15-38)37(21)38/h1-6,8,11,21-22H,7,9-10,12-17H2/p+1. The first-order valence-electron chi connectivity index (χ1n) is 13.8. The monoisotopic (exact) mass is 568 g/mol. The van der Waals surface area contributed by atoms with Gasteiger partial charge in [-0.15, -0.1) is 10.1 Å². The maximum atomic E-state index is 13.3. The molecule has 0 saturated carbocycles. The van der Waals surface area contributed by atoms with Crippen LogP contribution in [0.1, 0.15) is 35.2 Å². The number of alkyl halides is 3. The van der Waals surface area contributed by atoms with Crippen LogP contribution >= 0.6 is 0 Å². The summed E-state index contributed by atoms with van der Waals surface area (Å²) in [7, 11) is 0. The molecule has 2 atom stereocenters. The SMILES string of the molecule is O=C(CCC(F)(F)F)N1CC=C(c2cccn3nc(Nc4ccc(C(=O)[N+]56CC7COCC(C5)N76)cc4)nc23)CC1. The first kappa shape index (κ1) is 26.1. The van der Waals surface area contributed by atoms with Crippen molar-refractivity contribution in [3.8, 4) is 0 Å². The molecule has 0 radical (unpaired) electrons. The number of carbonyl (C=O) groups is 2. The summed E-state index contributed by atoms with van der Waals surface area (Å²) >= 11 is 0. The van der Waals surface area contributed by atoms with Crippen LogP contribution < -0.4 is 5.32 Å². The molecule has 10 nitrogen and oxygen atoms in total. The molecule has 0 aliphatic carbocycles. The Morgan fingerprint density at radius 1 is 1.10 bits per heavy atom. The molecule has 6 heterocycles. The number of rotatable bonds is 6. The second-order valence-electron chi connectivity index (χ2n) is 11.1. The lowest BCUT2D eigenvalue weighted by atomic mass is 9.94. The van der Waals surface area contributed by atoms with Crippen LogP contribution in [-0.4, -0.2) is 98.6 Å². The molecule has 7 rings (SSSR count). The largest absolute Gasteiger partial charge is 0.389 e. The van der Waals surface area contributed by atoms with E-state index in [-0.39, 0.29) is 12.5 Å². The maximum Gasteiger partial charge on any atom is 0.389 e. The fraction of sp³-hybridized carbons (Fsp3) is 0.429. The Hall–Kier alpha value is -3.81. The maximum absolute atomic E-state index is 13.3.